The fourth-order valence-corrected chi connectivity index (χ4v) is 3.56. The highest BCUT2D eigenvalue weighted by Crippen LogP contribution is 2.30. The number of nitrogens with zero attached hydrogens (tertiary/aromatic N) is 1. The lowest BCUT2D eigenvalue weighted by Gasteiger charge is -2.28. The van der Waals surface area contributed by atoms with Gasteiger partial charge in [0.2, 0.25) is 5.91 Å². The molecule has 1 unspecified atom stereocenters. The van der Waals surface area contributed by atoms with Crippen LogP contribution in [0.1, 0.15) is 56.6 Å². The molecule has 1 saturated carbocycles. The van der Waals surface area contributed by atoms with Crippen molar-refractivity contribution < 1.29 is 4.79 Å². The monoisotopic (exact) mass is 300 g/mol. The molecule has 3 rings (SSSR count). The molecule has 0 bridgehead atoms. The first-order valence-electron chi connectivity index (χ1n) is 8.80. The van der Waals surface area contributed by atoms with Gasteiger partial charge >= 0.3 is 0 Å². The van der Waals surface area contributed by atoms with Gasteiger partial charge in [0.25, 0.3) is 0 Å². The second-order valence-electron chi connectivity index (χ2n) is 7.00. The number of hydrogen-bond donors (Lipinski definition) is 1. The Morgan fingerprint density at radius 2 is 2.00 bits per heavy atom. The average molecular weight is 300 g/mol. The Morgan fingerprint density at radius 1 is 1.23 bits per heavy atom. The summed E-state index contributed by atoms with van der Waals surface area (Å²) >= 11 is 0. The van der Waals surface area contributed by atoms with E-state index in [2.05, 4.69) is 36.5 Å². The van der Waals surface area contributed by atoms with E-state index in [4.69, 9.17) is 0 Å². The Bertz CT molecular complexity index is 510. The maximum absolute atomic E-state index is 11.8. The molecule has 1 N–H and O–H groups in total. The zero-order chi connectivity index (χ0) is 15.4. The minimum absolute atomic E-state index is 0.307. The topological polar surface area (TPSA) is 32.3 Å². The van der Waals surface area contributed by atoms with E-state index in [0.717, 1.165) is 38.4 Å². The SMILES string of the molecule is CC(CC1CCC1)NCc1ccccc1CN1CCCC1=O. The minimum Gasteiger partial charge on any atom is -0.338 e. The first kappa shape index (κ1) is 15.5. The lowest BCUT2D eigenvalue weighted by Crippen LogP contribution is -2.30. The van der Waals surface area contributed by atoms with Gasteiger partial charge in [0.05, 0.1) is 0 Å². The molecule has 1 atom stereocenters. The maximum Gasteiger partial charge on any atom is 0.222 e. The Labute approximate surface area is 134 Å². The van der Waals surface area contributed by atoms with Gasteiger partial charge in [-0.15, -0.1) is 0 Å². The molecule has 1 amide bonds. The van der Waals surface area contributed by atoms with Crippen molar-refractivity contribution in [2.45, 2.75) is 64.6 Å². The lowest BCUT2D eigenvalue weighted by molar-refractivity contribution is -0.128. The van der Waals surface area contributed by atoms with Crippen molar-refractivity contribution >= 4 is 5.91 Å². The summed E-state index contributed by atoms with van der Waals surface area (Å²) in [5, 5.41) is 3.67. The van der Waals surface area contributed by atoms with Crippen molar-refractivity contribution in [1.82, 2.24) is 10.2 Å². The highest BCUT2D eigenvalue weighted by molar-refractivity contribution is 5.78. The highest BCUT2D eigenvalue weighted by Gasteiger charge is 2.22. The van der Waals surface area contributed by atoms with Crippen LogP contribution < -0.4 is 5.32 Å². The standard InChI is InChI=1S/C19H28N2O/c1-15(12-16-6-4-7-16)20-13-17-8-2-3-9-18(17)14-21-11-5-10-19(21)22/h2-3,8-9,15-16,20H,4-7,10-14H2,1H3. The molecule has 1 aromatic rings. The van der Waals surface area contributed by atoms with Crippen LogP contribution in [0.25, 0.3) is 0 Å². The minimum atomic E-state index is 0.307. The molecule has 0 spiro atoms. The molecule has 0 aromatic heterocycles. The van der Waals surface area contributed by atoms with Crippen molar-refractivity contribution in [1.29, 1.82) is 0 Å². The molecule has 1 saturated heterocycles. The van der Waals surface area contributed by atoms with Crippen molar-refractivity contribution in [2.75, 3.05) is 6.54 Å². The van der Waals surface area contributed by atoms with Gasteiger partial charge < -0.3 is 10.2 Å². The van der Waals surface area contributed by atoms with Crippen LogP contribution >= 0.6 is 0 Å². The summed E-state index contributed by atoms with van der Waals surface area (Å²) in [5.74, 6) is 1.25. The van der Waals surface area contributed by atoms with Gasteiger partial charge in [0.1, 0.15) is 0 Å². The zero-order valence-electron chi connectivity index (χ0n) is 13.7. The third-order valence-electron chi connectivity index (χ3n) is 5.20. The van der Waals surface area contributed by atoms with Crippen LogP contribution in [-0.4, -0.2) is 23.4 Å². The van der Waals surface area contributed by atoms with Gasteiger partial charge in [0.15, 0.2) is 0 Å². The molecule has 1 aliphatic carbocycles. The normalized spacial score (nSPS) is 20.2. The number of rotatable bonds is 7. The summed E-state index contributed by atoms with van der Waals surface area (Å²) in [5.41, 5.74) is 2.63. The Kier molecular flexibility index (Phi) is 5.14. The number of likely N-dealkylation sites (tertiary alicyclic amines) is 1. The Balaban J connectivity index is 1.54. The predicted molar refractivity (Wildman–Crippen MR) is 89.4 cm³/mol. The first-order valence-corrected chi connectivity index (χ1v) is 8.80. The molecule has 1 aliphatic heterocycles. The van der Waals surface area contributed by atoms with Crippen LogP contribution in [0.2, 0.25) is 0 Å². The van der Waals surface area contributed by atoms with Gasteiger partial charge in [-0.05, 0) is 36.8 Å². The number of benzene rings is 1. The van der Waals surface area contributed by atoms with Crippen molar-refractivity contribution in [2.24, 2.45) is 5.92 Å². The van der Waals surface area contributed by atoms with Gasteiger partial charge in [-0.25, -0.2) is 0 Å². The fourth-order valence-electron chi connectivity index (χ4n) is 3.56. The summed E-state index contributed by atoms with van der Waals surface area (Å²) in [7, 11) is 0. The van der Waals surface area contributed by atoms with E-state index in [1.54, 1.807) is 0 Å². The Morgan fingerprint density at radius 3 is 2.64 bits per heavy atom. The molecule has 2 aliphatic rings. The van der Waals surface area contributed by atoms with Crippen molar-refractivity contribution in [3.8, 4) is 0 Å². The van der Waals surface area contributed by atoms with E-state index >= 15 is 0 Å². The quantitative estimate of drug-likeness (QED) is 0.836. The molecule has 1 aromatic carbocycles. The van der Waals surface area contributed by atoms with E-state index < -0.39 is 0 Å². The largest absolute Gasteiger partial charge is 0.338 e. The van der Waals surface area contributed by atoms with E-state index in [-0.39, 0.29) is 0 Å². The molecule has 1 heterocycles. The fraction of sp³-hybridized carbons (Fsp3) is 0.632. The van der Waals surface area contributed by atoms with Crippen LogP contribution in [0, 0.1) is 5.92 Å². The predicted octanol–water partition coefficient (Wildman–Crippen LogP) is 3.48. The number of amides is 1. The van der Waals surface area contributed by atoms with Gasteiger partial charge in [-0.2, -0.15) is 0 Å². The van der Waals surface area contributed by atoms with E-state index in [1.165, 1.54) is 36.8 Å². The van der Waals surface area contributed by atoms with Crippen LogP contribution in [-0.2, 0) is 17.9 Å². The molecule has 22 heavy (non-hydrogen) atoms. The highest BCUT2D eigenvalue weighted by atomic mass is 16.2. The van der Waals surface area contributed by atoms with Gasteiger partial charge in [0, 0.05) is 32.1 Å². The summed E-state index contributed by atoms with van der Waals surface area (Å²) in [6.45, 7) is 4.89. The van der Waals surface area contributed by atoms with Crippen LogP contribution in [0.3, 0.4) is 0 Å². The van der Waals surface area contributed by atoms with Crippen LogP contribution in [0.4, 0.5) is 0 Å². The molecule has 0 radical (unpaired) electrons. The summed E-state index contributed by atoms with van der Waals surface area (Å²) < 4.78 is 0. The molecular weight excluding hydrogens is 272 g/mol. The number of nitrogens with one attached hydrogen (secondary N) is 1. The van der Waals surface area contributed by atoms with Gasteiger partial charge in [-0.1, -0.05) is 43.5 Å². The summed E-state index contributed by atoms with van der Waals surface area (Å²) in [4.78, 5) is 13.8. The second-order valence-corrected chi connectivity index (χ2v) is 7.00. The molecule has 120 valence electrons. The first-order chi connectivity index (χ1) is 10.7. The molecule has 3 heteroatoms. The van der Waals surface area contributed by atoms with Crippen LogP contribution in [0.15, 0.2) is 24.3 Å². The average Bonchev–Trinajstić information content (AvgIpc) is 2.87. The zero-order valence-corrected chi connectivity index (χ0v) is 13.7. The van der Waals surface area contributed by atoms with Gasteiger partial charge in [-0.3, -0.25) is 4.79 Å². The van der Waals surface area contributed by atoms with Crippen LogP contribution in [0.5, 0.6) is 0 Å². The smallest absolute Gasteiger partial charge is 0.222 e. The summed E-state index contributed by atoms with van der Waals surface area (Å²) in [6, 6.07) is 9.12. The van der Waals surface area contributed by atoms with E-state index in [1.807, 2.05) is 4.90 Å². The Hall–Kier alpha value is -1.35. The lowest BCUT2D eigenvalue weighted by atomic mass is 9.81. The third kappa shape index (κ3) is 3.89. The number of carbonyl (C=O) groups is 1. The molecule has 2 fully saturated rings. The molecular formula is C19H28N2O. The van der Waals surface area contributed by atoms with Crippen molar-refractivity contribution in [3.05, 3.63) is 35.4 Å². The van der Waals surface area contributed by atoms with E-state index in [0.29, 0.717) is 11.9 Å². The third-order valence-corrected chi connectivity index (χ3v) is 5.20. The molecule has 3 nitrogen and oxygen atoms in total. The summed E-state index contributed by atoms with van der Waals surface area (Å²) in [6.07, 6.45) is 7.28. The van der Waals surface area contributed by atoms with Crippen molar-refractivity contribution in [3.63, 3.8) is 0 Å². The van der Waals surface area contributed by atoms with E-state index in [9.17, 15) is 4.79 Å². The second kappa shape index (κ2) is 7.28. The maximum atomic E-state index is 11.8. The number of carbonyl (C=O) groups excluding carboxylic acids is 1. The number of hydrogen-bond acceptors (Lipinski definition) is 2.